The van der Waals surface area contributed by atoms with Gasteiger partial charge in [0.05, 0.1) is 0 Å². The van der Waals surface area contributed by atoms with Crippen LogP contribution in [-0.2, 0) is 0 Å². The molecule has 0 unspecified atom stereocenters. The summed E-state index contributed by atoms with van der Waals surface area (Å²) in [5, 5.41) is 3.35. The molecule has 0 fully saturated rings. The highest BCUT2D eigenvalue weighted by Gasteiger charge is 2.01. The fourth-order valence-corrected chi connectivity index (χ4v) is 1.84. The van der Waals surface area contributed by atoms with Crippen LogP contribution in [-0.4, -0.2) is 6.54 Å². The third-order valence-corrected chi connectivity index (χ3v) is 3.30. The monoisotopic (exact) mass is 301 g/mol. The van der Waals surface area contributed by atoms with E-state index >= 15 is 0 Å². The maximum absolute atomic E-state index is 3.35. The van der Waals surface area contributed by atoms with E-state index in [2.05, 4.69) is 73.0 Å². The molecule has 0 radical (unpaired) electrons. The van der Waals surface area contributed by atoms with Crippen LogP contribution in [0.25, 0.3) is 5.70 Å². The molecule has 1 rings (SSSR count). The number of allylic oxidation sites excluding steroid dienone is 1. The summed E-state index contributed by atoms with van der Waals surface area (Å²) in [5.41, 5.74) is 3.82. The first-order valence-electron chi connectivity index (χ1n) is 4.85. The van der Waals surface area contributed by atoms with Gasteiger partial charge in [-0.2, -0.15) is 0 Å². The third-order valence-electron chi connectivity index (χ3n) is 2.14. The molecule has 0 atom stereocenters. The van der Waals surface area contributed by atoms with Gasteiger partial charge in [-0.3, -0.25) is 0 Å². The van der Waals surface area contributed by atoms with Gasteiger partial charge in [0.2, 0.25) is 0 Å². The van der Waals surface area contributed by atoms with Crippen LogP contribution in [0.4, 0.5) is 0 Å². The summed E-state index contributed by atoms with van der Waals surface area (Å²) in [6, 6.07) is 6.54. The number of nitrogens with one attached hydrogen (secondary N) is 1. The Balaban J connectivity index is 3.00. The van der Waals surface area contributed by atoms with Crippen LogP contribution < -0.4 is 5.32 Å². The predicted octanol–water partition coefficient (Wildman–Crippen LogP) is 3.57. The summed E-state index contributed by atoms with van der Waals surface area (Å²) in [4.78, 5) is 0. The second kappa shape index (κ2) is 5.39. The molecule has 1 nitrogen and oxygen atoms in total. The average Bonchev–Trinajstić information content (AvgIpc) is 2.19. The van der Waals surface area contributed by atoms with Gasteiger partial charge < -0.3 is 5.32 Å². The maximum Gasteiger partial charge on any atom is 0.0370 e. The molecule has 0 saturated carbocycles. The highest BCUT2D eigenvalue weighted by atomic mass is 127. The number of rotatable bonds is 3. The lowest BCUT2D eigenvalue weighted by Crippen LogP contribution is -2.10. The Hall–Kier alpha value is -0.510. The first-order valence-corrected chi connectivity index (χ1v) is 5.93. The van der Waals surface area contributed by atoms with E-state index in [0.717, 1.165) is 6.54 Å². The second-order valence-electron chi connectivity index (χ2n) is 3.20. The smallest absolute Gasteiger partial charge is 0.0370 e. The molecule has 76 valence electrons. The Morgan fingerprint density at radius 2 is 2.21 bits per heavy atom. The number of hydrogen-bond donors (Lipinski definition) is 1. The van der Waals surface area contributed by atoms with E-state index in [1.165, 1.54) is 20.4 Å². The van der Waals surface area contributed by atoms with Gasteiger partial charge in [0.1, 0.15) is 0 Å². The fraction of sp³-hybridized carbons (Fsp3) is 0.333. The zero-order valence-corrected chi connectivity index (χ0v) is 11.1. The third kappa shape index (κ3) is 2.74. The van der Waals surface area contributed by atoms with Gasteiger partial charge in [-0.15, -0.1) is 0 Å². The molecular weight excluding hydrogens is 285 g/mol. The molecule has 1 aromatic carbocycles. The van der Waals surface area contributed by atoms with E-state index in [4.69, 9.17) is 0 Å². The normalized spacial score (nSPS) is 11.6. The molecule has 1 aromatic rings. The van der Waals surface area contributed by atoms with Crippen LogP contribution in [0.1, 0.15) is 25.0 Å². The predicted molar refractivity (Wildman–Crippen MR) is 71.2 cm³/mol. The number of halogens is 1. The molecule has 0 amide bonds. The van der Waals surface area contributed by atoms with E-state index in [9.17, 15) is 0 Å². The SMILES string of the molecule is C/C=C(\NCC)c1ccc(C)c(I)c1. The Bertz CT molecular complexity index is 342. The Labute approximate surface area is 99.7 Å². The van der Waals surface area contributed by atoms with Crippen molar-refractivity contribution in [2.45, 2.75) is 20.8 Å². The van der Waals surface area contributed by atoms with Crippen molar-refractivity contribution in [3.63, 3.8) is 0 Å². The summed E-state index contributed by atoms with van der Waals surface area (Å²) in [7, 11) is 0. The molecule has 0 aliphatic carbocycles. The standard InChI is InChI=1S/C12H16IN/c1-4-12(14-5-2)10-7-6-9(3)11(13)8-10/h4,6-8,14H,5H2,1-3H3/b12-4-. The van der Waals surface area contributed by atoms with Gasteiger partial charge in [-0.25, -0.2) is 0 Å². The van der Waals surface area contributed by atoms with Crippen LogP contribution >= 0.6 is 22.6 Å². The zero-order chi connectivity index (χ0) is 10.6. The molecule has 2 heteroatoms. The van der Waals surface area contributed by atoms with Crippen LogP contribution in [0.3, 0.4) is 0 Å². The Morgan fingerprint density at radius 1 is 1.50 bits per heavy atom. The number of hydrogen-bond acceptors (Lipinski definition) is 1. The molecule has 0 spiro atoms. The van der Waals surface area contributed by atoms with Gasteiger partial charge >= 0.3 is 0 Å². The molecule has 0 heterocycles. The minimum atomic E-state index is 0.962. The summed E-state index contributed by atoms with van der Waals surface area (Å²) in [5.74, 6) is 0. The van der Waals surface area contributed by atoms with Gasteiger partial charge in [0.25, 0.3) is 0 Å². The van der Waals surface area contributed by atoms with E-state index in [1.807, 2.05) is 0 Å². The van der Waals surface area contributed by atoms with Crippen LogP contribution in [0.5, 0.6) is 0 Å². The number of aryl methyl sites for hydroxylation is 1. The van der Waals surface area contributed by atoms with Crippen LogP contribution in [0.15, 0.2) is 24.3 Å². The van der Waals surface area contributed by atoms with E-state index in [1.54, 1.807) is 0 Å². The van der Waals surface area contributed by atoms with Gasteiger partial charge in [0.15, 0.2) is 0 Å². The lowest BCUT2D eigenvalue weighted by atomic mass is 10.1. The van der Waals surface area contributed by atoms with Crippen molar-refractivity contribution in [1.82, 2.24) is 5.32 Å². The highest BCUT2D eigenvalue weighted by molar-refractivity contribution is 14.1. The van der Waals surface area contributed by atoms with Crippen molar-refractivity contribution >= 4 is 28.3 Å². The minimum Gasteiger partial charge on any atom is -0.385 e. The van der Waals surface area contributed by atoms with E-state index in [0.29, 0.717) is 0 Å². The van der Waals surface area contributed by atoms with Crippen molar-refractivity contribution < 1.29 is 0 Å². The fourth-order valence-electron chi connectivity index (χ4n) is 1.32. The van der Waals surface area contributed by atoms with Gasteiger partial charge in [-0.05, 0) is 60.6 Å². The van der Waals surface area contributed by atoms with Crippen molar-refractivity contribution in [2.24, 2.45) is 0 Å². The Kier molecular flexibility index (Phi) is 4.45. The van der Waals surface area contributed by atoms with Crippen LogP contribution in [0, 0.1) is 10.5 Å². The lowest BCUT2D eigenvalue weighted by Gasteiger charge is -2.10. The molecule has 1 N–H and O–H groups in total. The summed E-state index contributed by atoms with van der Waals surface area (Å²) < 4.78 is 1.32. The van der Waals surface area contributed by atoms with Crippen molar-refractivity contribution in [3.05, 3.63) is 39.0 Å². The topological polar surface area (TPSA) is 12.0 Å². The summed E-state index contributed by atoms with van der Waals surface area (Å²) in [6.07, 6.45) is 2.12. The summed E-state index contributed by atoms with van der Waals surface area (Å²) in [6.45, 7) is 7.27. The van der Waals surface area contributed by atoms with Gasteiger partial charge in [0, 0.05) is 15.8 Å². The largest absolute Gasteiger partial charge is 0.385 e. The average molecular weight is 301 g/mol. The molecule has 0 saturated heterocycles. The zero-order valence-electron chi connectivity index (χ0n) is 8.89. The first kappa shape index (κ1) is 11.6. The minimum absolute atomic E-state index is 0.962. The molecule has 14 heavy (non-hydrogen) atoms. The molecular formula is C12H16IN. The lowest BCUT2D eigenvalue weighted by molar-refractivity contribution is 0.938. The summed E-state index contributed by atoms with van der Waals surface area (Å²) >= 11 is 2.37. The maximum atomic E-state index is 3.35. The van der Waals surface area contributed by atoms with Crippen molar-refractivity contribution in [3.8, 4) is 0 Å². The van der Waals surface area contributed by atoms with E-state index in [-0.39, 0.29) is 0 Å². The van der Waals surface area contributed by atoms with E-state index < -0.39 is 0 Å². The first-order chi connectivity index (χ1) is 6.69. The quantitative estimate of drug-likeness (QED) is 0.842. The highest BCUT2D eigenvalue weighted by Crippen LogP contribution is 2.18. The molecule has 0 aliphatic rings. The molecule has 0 aromatic heterocycles. The molecule has 0 bridgehead atoms. The van der Waals surface area contributed by atoms with Crippen molar-refractivity contribution in [1.29, 1.82) is 0 Å². The Morgan fingerprint density at radius 3 is 2.71 bits per heavy atom. The molecule has 0 aliphatic heterocycles. The van der Waals surface area contributed by atoms with Crippen LogP contribution in [0.2, 0.25) is 0 Å². The van der Waals surface area contributed by atoms with Crippen molar-refractivity contribution in [2.75, 3.05) is 6.54 Å². The van der Waals surface area contributed by atoms with Gasteiger partial charge in [-0.1, -0.05) is 18.2 Å². The second-order valence-corrected chi connectivity index (χ2v) is 4.36. The number of benzene rings is 1.